The van der Waals surface area contributed by atoms with Gasteiger partial charge in [0.25, 0.3) is 0 Å². The molecule has 4 aliphatic carbocycles. The highest BCUT2D eigenvalue weighted by atomic mass is 16.1. The minimum absolute atomic E-state index is 0.295. The van der Waals surface area contributed by atoms with Gasteiger partial charge in [-0.1, -0.05) is 77.8 Å². The van der Waals surface area contributed by atoms with E-state index in [9.17, 15) is 4.79 Å². The maximum Gasteiger partial charge on any atom is 0.158 e. The van der Waals surface area contributed by atoms with E-state index < -0.39 is 0 Å². The van der Waals surface area contributed by atoms with Gasteiger partial charge in [0.15, 0.2) is 5.78 Å². The van der Waals surface area contributed by atoms with Crippen LogP contribution in [0.2, 0.25) is 0 Å². The summed E-state index contributed by atoms with van der Waals surface area (Å²) in [6, 6.07) is 0. The standard InChI is InChI=1S/C19H32O.C11H14/c1-6-15-14(2)19(5)13-9-12-18(3,4)17(19)11-8-7-10-16(15)20;1-8-7-9(2)11-6-4-3-5-10(8)11/h6,14,17H,7-13H2,1-5H3;4,6,9H,1,3,5,7H2,2H3/b15-6+;/t14-,17+,19?;/m0./s1. The van der Waals surface area contributed by atoms with Crippen molar-refractivity contribution < 1.29 is 4.79 Å². The van der Waals surface area contributed by atoms with Crippen molar-refractivity contribution in [2.24, 2.45) is 28.6 Å². The number of Topliss-reactive ketones (excluding diaryl/α,β-unsaturated/α-hetero) is 1. The molecule has 4 aliphatic rings. The lowest BCUT2D eigenvalue weighted by Crippen LogP contribution is -2.46. The first kappa shape index (κ1) is 24.3. The Bertz CT molecular complexity index is 789. The molecule has 1 heteroatoms. The number of rotatable bonds is 0. The molecule has 4 atom stereocenters. The predicted molar refractivity (Wildman–Crippen MR) is 134 cm³/mol. The minimum Gasteiger partial charge on any atom is -0.295 e. The van der Waals surface area contributed by atoms with Gasteiger partial charge >= 0.3 is 0 Å². The molecule has 0 saturated heterocycles. The molecule has 0 N–H and O–H groups in total. The predicted octanol–water partition coefficient (Wildman–Crippen LogP) is 8.77. The van der Waals surface area contributed by atoms with Crippen LogP contribution in [0.3, 0.4) is 0 Å². The van der Waals surface area contributed by atoms with Crippen molar-refractivity contribution in [3.63, 3.8) is 0 Å². The largest absolute Gasteiger partial charge is 0.295 e. The third kappa shape index (κ3) is 4.86. The molecule has 0 aromatic heterocycles. The van der Waals surface area contributed by atoms with Crippen molar-refractivity contribution in [1.82, 2.24) is 0 Å². The lowest BCUT2D eigenvalue weighted by Gasteiger charge is -2.54. The van der Waals surface area contributed by atoms with Crippen molar-refractivity contribution >= 4 is 5.78 Å². The van der Waals surface area contributed by atoms with Gasteiger partial charge < -0.3 is 0 Å². The first-order valence-corrected chi connectivity index (χ1v) is 12.9. The molecule has 2 unspecified atom stereocenters. The zero-order valence-corrected chi connectivity index (χ0v) is 21.2. The van der Waals surface area contributed by atoms with Crippen LogP contribution in [0.25, 0.3) is 0 Å². The molecular formula is C30H46O. The van der Waals surface area contributed by atoms with Crippen LogP contribution in [0.5, 0.6) is 0 Å². The highest BCUT2D eigenvalue weighted by molar-refractivity contribution is 5.95. The van der Waals surface area contributed by atoms with Gasteiger partial charge in [0, 0.05) is 6.42 Å². The first-order chi connectivity index (χ1) is 14.6. The molecule has 0 amide bonds. The second-order valence-corrected chi connectivity index (χ2v) is 11.6. The summed E-state index contributed by atoms with van der Waals surface area (Å²) >= 11 is 0. The fraction of sp³-hybridized carbons (Fsp3) is 0.700. The van der Waals surface area contributed by atoms with Gasteiger partial charge in [-0.15, -0.1) is 0 Å². The van der Waals surface area contributed by atoms with E-state index in [0.717, 1.165) is 30.3 Å². The third-order valence-electron chi connectivity index (χ3n) is 9.23. The molecule has 0 radical (unpaired) electrons. The Morgan fingerprint density at radius 3 is 2.48 bits per heavy atom. The van der Waals surface area contributed by atoms with Crippen LogP contribution in [0.1, 0.15) is 106 Å². The van der Waals surface area contributed by atoms with E-state index in [4.69, 9.17) is 0 Å². The highest BCUT2D eigenvalue weighted by Crippen LogP contribution is 2.58. The maximum absolute atomic E-state index is 12.5. The van der Waals surface area contributed by atoms with Crippen LogP contribution in [-0.2, 0) is 4.79 Å². The zero-order valence-electron chi connectivity index (χ0n) is 21.2. The average molecular weight is 423 g/mol. The Morgan fingerprint density at radius 2 is 1.81 bits per heavy atom. The lowest BCUT2D eigenvalue weighted by molar-refractivity contribution is -0.117. The number of hydrogen-bond donors (Lipinski definition) is 0. The van der Waals surface area contributed by atoms with Crippen LogP contribution in [0.15, 0.2) is 47.1 Å². The lowest BCUT2D eigenvalue weighted by atomic mass is 9.51. The van der Waals surface area contributed by atoms with Gasteiger partial charge in [0.05, 0.1) is 0 Å². The summed E-state index contributed by atoms with van der Waals surface area (Å²) in [4.78, 5) is 12.5. The maximum atomic E-state index is 12.5. The summed E-state index contributed by atoms with van der Waals surface area (Å²) in [7, 11) is 0. The molecule has 4 rings (SSSR count). The minimum atomic E-state index is 0.295. The SMILES string of the molecule is C/C=C1/C(=O)CCCC[C@@H]2C(C)(C)CCCC2(C)[C@H]1C.C=C1CC(C)C2=C1CCC=C2. The molecule has 0 spiro atoms. The quantitative estimate of drug-likeness (QED) is 0.356. The van der Waals surface area contributed by atoms with Crippen LogP contribution >= 0.6 is 0 Å². The number of allylic oxidation sites excluding steroid dienone is 7. The molecule has 0 aromatic carbocycles. The summed E-state index contributed by atoms with van der Waals surface area (Å²) in [5.74, 6) is 2.29. The number of ketones is 1. The van der Waals surface area contributed by atoms with Crippen molar-refractivity contribution in [2.75, 3.05) is 0 Å². The van der Waals surface area contributed by atoms with Crippen molar-refractivity contribution in [3.05, 3.63) is 47.1 Å². The zero-order chi connectivity index (χ0) is 22.8. The molecule has 172 valence electrons. The number of hydrogen-bond acceptors (Lipinski definition) is 1. The van der Waals surface area contributed by atoms with E-state index >= 15 is 0 Å². The topological polar surface area (TPSA) is 17.1 Å². The van der Waals surface area contributed by atoms with Crippen LogP contribution in [0, 0.1) is 28.6 Å². The van der Waals surface area contributed by atoms with Crippen molar-refractivity contribution in [3.8, 4) is 0 Å². The van der Waals surface area contributed by atoms with Gasteiger partial charge in [-0.2, -0.15) is 0 Å². The second kappa shape index (κ2) is 9.63. The number of carbonyl (C=O) groups is 1. The number of fused-ring (bicyclic) bond motifs is 1. The average Bonchev–Trinajstić information content (AvgIpc) is 3.03. The van der Waals surface area contributed by atoms with Gasteiger partial charge in [0.1, 0.15) is 0 Å². The normalized spacial score (nSPS) is 36.7. The smallest absolute Gasteiger partial charge is 0.158 e. The Kier molecular flexibility index (Phi) is 7.54. The van der Waals surface area contributed by atoms with E-state index in [1.54, 1.807) is 11.1 Å². The molecule has 1 nitrogen and oxygen atoms in total. The van der Waals surface area contributed by atoms with E-state index in [0.29, 0.717) is 22.5 Å². The Balaban J connectivity index is 0.000000207. The van der Waals surface area contributed by atoms with Gasteiger partial charge in [-0.05, 0) is 97.2 Å². The Morgan fingerprint density at radius 1 is 1.06 bits per heavy atom. The van der Waals surface area contributed by atoms with Crippen LogP contribution < -0.4 is 0 Å². The van der Waals surface area contributed by atoms with E-state index in [-0.39, 0.29) is 0 Å². The highest BCUT2D eigenvalue weighted by Gasteiger charge is 2.50. The summed E-state index contributed by atoms with van der Waals surface area (Å²) in [6.07, 6.45) is 18.6. The Labute approximate surface area is 192 Å². The fourth-order valence-electron chi connectivity index (χ4n) is 7.32. The summed E-state index contributed by atoms with van der Waals surface area (Å²) in [5, 5.41) is 0. The molecule has 0 aliphatic heterocycles. The fourth-order valence-corrected chi connectivity index (χ4v) is 7.32. The monoisotopic (exact) mass is 422 g/mol. The van der Waals surface area contributed by atoms with Gasteiger partial charge in [-0.3, -0.25) is 4.79 Å². The molecule has 0 aromatic rings. The summed E-state index contributed by atoms with van der Waals surface area (Å²) in [5.41, 5.74) is 6.33. The summed E-state index contributed by atoms with van der Waals surface area (Å²) < 4.78 is 0. The molecule has 0 heterocycles. The Hall–Kier alpha value is -1.37. The van der Waals surface area contributed by atoms with Crippen LogP contribution in [-0.4, -0.2) is 5.78 Å². The van der Waals surface area contributed by atoms with Crippen LogP contribution in [0.4, 0.5) is 0 Å². The summed E-state index contributed by atoms with van der Waals surface area (Å²) in [6.45, 7) is 18.1. The van der Waals surface area contributed by atoms with Gasteiger partial charge in [0.2, 0.25) is 0 Å². The first-order valence-electron chi connectivity index (χ1n) is 12.9. The van der Waals surface area contributed by atoms with E-state index in [2.05, 4.69) is 59.4 Å². The number of carbonyl (C=O) groups excluding carboxylic acids is 1. The molecule has 0 bridgehead atoms. The second-order valence-electron chi connectivity index (χ2n) is 11.6. The van der Waals surface area contributed by atoms with Crippen molar-refractivity contribution in [1.29, 1.82) is 0 Å². The molecule has 2 saturated carbocycles. The van der Waals surface area contributed by atoms with E-state index in [1.807, 2.05) is 6.92 Å². The van der Waals surface area contributed by atoms with Crippen molar-refractivity contribution in [2.45, 2.75) is 106 Å². The molecule has 31 heavy (non-hydrogen) atoms. The molecular weight excluding hydrogens is 376 g/mol. The van der Waals surface area contributed by atoms with E-state index in [1.165, 1.54) is 56.9 Å². The third-order valence-corrected chi connectivity index (χ3v) is 9.23. The molecule has 2 fully saturated rings. The van der Waals surface area contributed by atoms with Gasteiger partial charge in [-0.25, -0.2) is 0 Å².